The van der Waals surface area contributed by atoms with E-state index in [0.717, 1.165) is 24.8 Å². The highest BCUT2D eigenvalue weighted by Gasteiger charge is 2.31. The molecule has 7 heteroatoms. The third-order valence-electron chi connectivity index (χ3n) is 4.32. The van der Waals surface area contributed by atoms with Gasteiger partial charge in [0.2, 0.25) is 10.0 Å². The minimum Gasteiger partial charge on any atom is -0.384 e. The van der Waals surface area contributed by atoms with E-state index in [0.29, 0.717) is 24.6 Å². The lowest BCUT2D eigenvalue weighted by Crippen LogP contribution is -2.44. The Labute approximate surface area is 145 Å². The Morgan fingerprint density at radius 3 is 2.57 bits per heavy atom. The fourth-order valence-electron chi connectivity index (χ4n) is 2.82. The molecule has 0 amide bonds. The summed E-state index contributed by atoms with van der Waals surface area (Å²) >= 11 is 0. The van der Waals surface area contributed by atoms with Crippen molar-refractivity contribution < 1.29 is 13.2 Å². The van der Waals surface area contributed by atoms with Gasteiger partial charge in [-0.25, -0.2) is 8.42 Å². The van der Waals surface area contributed by atoms with Gasteiger partial charge >= 0.3 is 0 Å². The zero-order chi connectivity index (χ0) is 16.2. The SMILES string of the molecule is COCCc1ccc(S(=O)(=O)N2CCCC(C(C)N)C2)cc1.Cl. The highest BCUT2D eigenvalue weighted by Crippen LogP contribution is 2.25. The van der Waals surface area contributed by atoms with Gasteiger partial charge in [0.25, 0.3) is 0 Å². The highest BCUT2D eigenvalue weighted by atomic mass is 35.5. The summed E-state index contributed by atoms with van der Waals surface area (Å²) in [4.78, 5) is 0.360. The summed E-state index contributed by atoms with van der Waals surface area (Å²) in [7, 11) is -1.76. The van der Waals surface area contributed by atoms with Crippen LogP contribution in [0.25, 0.3) is 0 Å². The van der Waals surface area contributed by atoms with Gasteiger partial charge < -0.3 is 10.5 Å². The maximum absolute atomic E-state index is 12.7. The minimum atomic E-state index is -3.42. The van der Waals surface area contributed by atoms with E-state index in [-0.39, 0.29) is 24.4 Å². The zero-order valence-electron chi connectivity index (χ0n) is 13.8. The Bertz CT molecular complexity index is 575. The molecular weight excluding hydrogens is 336 g/mol. The van der Waals surface area contributed by atoms with Crippen molar-refractivity contribution in [2.75, 3.05) is 26.8 Å². The normalized spacial score (nSPS) is 20.7. The molecule has 0 saturated carbocycles. The summed E-state index contributed by atoms with van der Waals surface area (Å²) in [5, 5.41) is 0. The molecule has 2 atom stereocenters. The first-order chi connectivity index (χ1) is 10.4. The van der Waals surface area contributed by atoms with Crippen molar-refractivity contribution in [2.45, 2.75) is 37.1 Å². The number of hydrogen-bond donors (Lipinski definition) is 1. The lowest BCUT2D eigenvalue weighted by molar-refractivity contribution is 0.202. The molecule has 1 aliphatic rings. The molecule has 1 aliphatic heterocycles. The first-order valence-electron chi connectivity index (χ1n) is 7.78. The van der Waals surface area contributed by atoms with Gasteiger partial charge in [0.05, 0.1) is 11.5 Å². The first kappa shape index (κ1) is 20.4. The van der Waals surface area contributed by atoms with E-state index in [1.165, 1.54) is 0 Å². The third-order valence-corrected chi connectivity index (χ3v) is 6.20. The highest BCUT2D eigenvalue weighted by molar-refractivity contribution is 7.89. The molecule has 1 fully saturated rings. The molecule has 0 radical (unpaired) electrons. The smallest absolute Gasteiger partial charge is 0.243 e. The van der Waals surface area contributed by atoms with Gasteiger partial charge in [-0.3, -0.25) is 0 Å². The van der Waals surface area contributed by atoms with Gasteiger partial charge in [0.15, 0.2) is 0 Å². The van der Waals surface area contributed by atoms with Crippen LogP contribution in [0.15, 0.2) is 29.2 Å². The summed E-state index contributed by atoms with van der Waals surface area (Å²) in [6.45, 7) is 3.68. The van der Waals surface area contributed by atoms with Crippen molar-refractivity contribution in [3.8, 4) is 0 Å². The van der Waals surface area contributed by atoms with Crippen LogP contribution in [0, 0.1) is 5.92 Å². The fraction of sp³-hybridized carbons (Fsp3) is 0.625. The predicted octanol–water partition coefficient (Wildman–Crippen LogP) is 2.05. The molecule has 0 bridgehead atoms. The van der Waals surface area contributed by atoms with E-state index in [2.05, 4.69) is 0 Å². The second kappa shape index (κ2) is 8.99. The lowest BCUT2D eigenvalue weighted by Gasteiger charge is -2.33. The second-order valence-corrected chi connectivity index (χ2v) is 7.95. The maximum Gasteiger partial charge on any atom is 0.243 e. The number of nitrogens with two attached hydrogens (primary N) is 1. The van der Waals surface area contributed by atoms with Crippen LogP contribution in [0.4, 0.5) is 0 Å². The van der Waals surface area contributed by atoms with Crippen LogP contribution in [-0.2, 0) is 21.2 Å². The number of benzene rings is 1. The van der Waals surface area contributed by atoms with E-state index in [9.17, 15) is 8.42 Å². The number of piperidine rings is 1. The van der Waals surface area contributed by atoms with Crippen molar-refractivity contribution in [3.05, 3.63) is 29.8 Å². The van der Waals surface area contributed by atoms with Crippen LogP contribution in [0.3, 0.4) is 0 Å². The van der Waals surface area contributed by atoms with Gasteiger partial charge in [-0.2, -0.15) is 4.31 Å². The standard InChI is InChI=1S/C16H26N2O3S.ClH/c1-13(17)15-4-3-10-18(12-15)22(19,20)16-7-5-14(6-8-16)9-11-21-2;/h5-8,13,15H,3-4,9-12,17H2,1-2H3;1H. The molecule has 1 saturated heterocycles. The zero-order valence-corrected chi connectivity index (χ0v) is 15.4. The van der Waals surface area contributed by atoms with Gasteiger partial charge in [0.1, 0.15) is 0 Å². The molecule has 1 aromatic rings. The minimum absolute atomic E-state index is 0. The molecule has 0 spiro atoms. The van der Waals surface area contributed by atoms with Gasteiger partial charge in [-0.1, -0.05) is 12.1 Å². The van der Waals surface area contributed by atoms with E-state index >= 15 is 0 Å². The van der Waals surface area contributed by atoms with Crippen molar-refractivity contribution >= 4 is 22.4 Å². The second-order valence-electron chi connectivity index (χ2n) is 6.01. The van der Waals surface area contributed by atoms with E-state index < -0.39 is 10.0 Å². The monoisotopic (exact) mass is 362 g/mol. The van der Waals surface area contributed by atoms with Crippen molar-refractivity contribution in [1.29, 1.82) is 0 Å². The topological polar surface area (TPSA) is 72.6 Å². The molecule has 0 aromatic heterocycles. The largest absolute Gasteiger partial charge is 0.384 e. The summed E-state index contributed by atoms with van der Waals surface area (Å²) in [5.41, 5.74) is 7.02. The fourth-order valence-corrected chi connectivity index (χ4v) is 4.35. The molecule has 1 heterocycles. The molecule has 132 valence electrons. The third kappa shape index (κ3) is 5.16. The number of methoxy groups -OCH3 is 1. The Balaban J connectivity index is 0.00000264. The van der Waals surface area contributed by atoms with E-state index in [1.54, 1.807) is 23.5 Å². The Morgan fingerprint density at radius 2 is 2.00 bits per heavy atom. The number of sulfonamides is 1. The molecule has 0 aliphatic carbocycles. The molecule has 1 aromatic carbocycles. The lowest BCUT2D eigenvalue weighted by atomic mass is 9.93. The average molecular weight is 363 g/mol. The molecule has 5 nitrogen and oxygen atoms in total. The summed E-state index contributed by atoms with van der Waals surface area (Å²) in [6, 6.07) is 7.12. The number of rotatable bonds is 6. The van der Waals surface area contributed by atoms with Crippen molar-refractivity contribution in [2.24, 2.45) is 11.7 Å². The Hall–Kier alpha value is -0.660. The summed E-state index contributed by atoms with van der Waals surface area (Å²) in [5.74, 6) is 0.240. The van der Waals surface area contributed by atoms with Gasteiger partial charge in [0, 0.05) is 26.2 Å². The van der Waals surface area contributed by atoms with Gasteiger partial charge in [-0.05, 0) is 49.8 Å². The van der Waals surface area contributed by atoms with Crippen molar-refractivity contribution in [3.63, 3.8) is 0 Å². The predicted molar refractivity (Wildman–Crippen MR) is 94.4 cm³/mol. The van der Waals surface area contributed by atoms with Crippen molar-refractivity contribution in [1.82, 2.24) is 4.31 Å². The quantitative estimate of drug-likeness (QED) is 0.840. The van der Waals surface area contributed by atoms with Crippen LogP contribution < -0.4 is 5.73 Å². The van der Waals surface area contributed by atoms with Gasteiger partial charge in [-0.15, -0.1) is 12.4 Å². The number of ether oxygens (including phenoxy) is 1. The summed E-state index contributed by atoms with van der Waals surface area (Å²) < 4.78 is 32.1. The van der Waals surface area contributed by atoms with E-state index in [1.807, 2.05) is 19.1 Å². The molecule has 2 N–H and O–H groups in total. The van der Waals surface area contributed by atoms with E-state index in [4.69, 9.17) is 10.5 Å². The molecular formula is C16H27ClN2O3S. The van der Waals surface area contributed by atoms with Crippen LogP contribution in [0.2, 0.25) is 0 Å². The summed E-state index contributed by atoms with van der Waals surface area (Å²) in [6.07, 6.45) is 2.66. The van der Waals surface area contributed by atoms with Crippen LogP contribution >= 0.6 is 12.4 Å². The maximum atomic E-state index is 12.7. The Morgan fingerprint density at radius 1 is 1.35 bits per heavy atom. The Kier molecular flexibility index (Phi) is 7.97. The number of nitrogens with zero attached hydrogens (tertiary/aromatic N) is 1. The van der Waals surface area contributed by atoms with Crippen LogP contribution in [0.5, 0.6) is 0 Å². The van der Waals surface area contributed by atoms with Crippen LogP contribution in [-0.4, -0.2) is 45.6 Å². The molecule has 23 heavy (non-hydrogen) atoms. The van der Waals surface area contributed by atoms with Crippen LogP contribution in [0.1, 0.15) is 25.3 Å². The molecule has 2 unspecified atom stereocenters. The number of hydrogen-bond acceptors (Lipinski definition) is 4. The average Bonchev–Trinajstić information content (AvgIpc) is 2.53. The number of halogens is 1. The molecule has 2 rings (SSSR count). The first-order valence-corrected chi connectivity index (χ1v) is 9.22.